The van der Waals surface area contributed by atoms with Crippen LogP contribution >= 0.6 is 0 Å². The van der Waals surface area contributed by atoms with E-state index in [4.69, 9.17) is 14.2 Å². The third kappa shape index (κ3) is 7.13. The van der Waals surface area contributed by atoms with Crippen LogP contribution < -0.4 is 23.8 Å². The second kappa shape index (κ2) is 12.1. The van der Waals surface area contributed by atoms with E-state index in [0.29, 0.717) is 29.5 Å². The summed E-state index contributed by atoms with van der Waals surface area (Å²) in [6.45, 7) is 3.97. The van der Waals surface area contributed by atoms with E-state index in [1.807, 2.05) is 6.92 Å². The number of carbonyl (C=O) groups excluding carboxylic acids is 1. The molecule has 0 aliphatic carbocycles. The number of nitrogens with zero attached hydrogens (tertiary/aromatic N) is 1. The van der Waals surface area contributed by atoms with Crippen molar-refractivity contribution in [3.63, 3.8) is 0 Å². The predicted molar refractivity (Wildman–Crippen MR) is 135 cm³/mol. The third-order valence-electron chi connectivity index (χ3n) is 5.02. The molecular weight excluding hydrogens is 468 g/mol. The van der Waals surface area contributed by atoms with Gasteiger partial charge in [0.2, 0.25) is 5.91 Å². The van der Waals surface area contributed by atoms with E-state index in [-0.39, 0.29) is 17.5 Å². The number of amides is 1. The molecule has 0 aliphatic heterocycles. The van der Waals surface area contributed by atoms with Gasteiger partial charge in [0.25, 0.3) is 10.0 Å². The number of hydrogen-bond acceptors (Lipinski definition) is 6. The standard InChI is InChI=1S/C26H30N2O6S/c1-4-33-23-12-10-21(11-13-23)28(35(30,31)25-8-6-5-7-9-25)18-26(29)27-20(2)19-34-24-16-14-22(32-3)15-17-24/h5-17,20H,4,18-19H2,1-3H3,(H,27,29). The first-order valence-corrected chi connectivity index (χ1v) is 12.6. The highest BCUT2D eigenvalue weighted by Gasteiger charge is 2.27. The zero-order valence-electron chi connectivity index (χ0n) is 20.0. The summed E-state index contributed by atoms with van der Waals surface area (Å²) in [7, 11) is -2.40. The summed E-state index contributed by atoms with van der Waals surface area (Å²) in [6, 6.07) is 21.4. The van der Waals surface area contributed by atoms with Crippen LogP contribution in [-0.4, -0.2) is 47.2 Å². The summed E-state index contributed by atoms with van der Waals surface area (Å²) in [6.07, 6.45) is 0. The van der Waals surface area contributed by atoms with Crippen molar-refractivity contribution >= 4 is 21.6 Å². The normalized spacial score (nSPS) is 11.9. The fourth-order valence-corrected chi connectivity index (χ4v) is 4.74. The topological polar surface area (TPSA) is 94.2 Å². The number of rotatable bonds is 12. The molecule has 0 saturated heterocycles. The van der Waals surface area contributed by atoms with Gasteiger partial charge in [0.05, 0.1) is 30.3 Å². The first-order chi connectivity index (χ1) is 16.8. The number of nitrogens with one attached hydrogen (secondary N) is 1. The van der Waals surface area contributed by atoms with Gasteiger partial charge in [0, 0.05) is 0 Å². The van der Waals surface area contributed by atoms with Crippen molar-refractivity contribution < 1.29 is 27.4 Å². The molecule has 3 aromatic carbocycles. The number of sulfonamides is 1. The van der Waals surface area contributed by atoms with Crippen LogP contribution in [0.3, 0.4) is 0 Å². The maximum Gasteiger partial charge on any atom is 0.264 e. The average molecular weight is 499 g/mol. The molecule has 0 spiro atoms. The SMILES string of the molecule is CCOc1ccc(N(CC(=O)NC(C)COc2ccc(OC)cc2)S(=O)(=O)c2ccccc2)cc1. The molecule has 1 N–H and O–H groups in total. The van der Waals surface area contributed by atoms with Gasteiger partial charge in [0.1, 0.15) is 30.4 Å². The number of ether oxygens (including phenoxy) is 3. The molecule has 0 heterocycles. The lowest BCUT2D eigenvalue weighted by Gasteiger charge is -2.25. The number of benzene rings is 3. The van der Waals surface area contributed by atoms with Gasteiger partial charge in [-0.2, -0.15) is 0 Å². The minimum atomic E-state index is -3.98. The maximum atomic E-state index is 13.4. The second-order valence-electron chi connectivity index (χ2n) is 7.71. The first kappa shape index (κ1) is 25.9. The van der Waals surface area contributed by atoms with Crippen LogP contribution in [0.5, 0.6) is 17.2 Å². The van der Waals surface area contributed by atoms with Crippen LogP contribution in [0.25, 0.3) is 0 Å². The van der Waals surface area contributed by atoms with Crippen molar-refractivity contribution in [1.82, 2.24) is 5.32 Å². The van der Waals surface area contributed by atoms with Gasteiger partial charge in [-0.05, 0) is 74.5 Å². The first-order valence-electron chi connectivity index (χ1n) is 11.2. The maximum absolute atomic E-state index is 13.4. The van der Waals surface area contributed by atoms with Crippen LogP contribution in [0, 0.1) is 0 Å². The van der Waals surface area contributed by atoms with E-state index in [2.05, 4.69) is 5.32 Å². The van der Waals surface area contributed by atoms with Gasteiger partial charge in [-0.3, -0.25) is 9.10 Å². The average Bonchev–Trinajstić information content (AvgIpc) is 2.87. The van der Waals surface area contributed by atoms with E-state index < -0.39 is 22.5 Å². The van der Waals surface area contributed by atoms with E-state index in [1.165, 1.54) is 12.1 Å². The Morgan fingerprint density at radius 3 is 2.06 bits per heavy atom. The molecule has 35 heavy (non-hydrogen) atoms. The molecule has 186 valence electrons. The lowest BCUT2D eigenvalue weighted by atomic mass is 10.3. The lowest BCUT2D eigenvalue weighted by Crippen LogP contribution is -2.45. The molecule has 0 radical (unpaired) electrons. The van der Waals surface area contributed by atoms with Gasteiger partial charge >= 0.3 is 0 Å². The van der Waals surface area contributed by atoms with Crippen LogP contribution in [0.1, 0.15) is 13.8 Å². The summed E-state index contributed by atoms with van der Waals surface area (Å²) in [5, 5.41) is 2.81. The zero-order valence-corrected chi connectivity index (χ0v) is 20.8. The monoisotopic (exact) mass is 498 g/mol. The van der Waals surface area contributed by atoms with Gasteiger partial charge in [-0.25, -0.2) is 8.42 Å². The van der Waals surface area contributed by atoms with Crippen LogP contribution in [0.4, 0.5) is 5.69 Å². The highest BCUT2D eigenvalue weighted by Crippen LogP contribution is 2.26. The number of carbonyl (C=O) groups is 1. The molecule has 1 unspecified atom stereocenters. The van der Waals surface area contributed by atoms with Crippen molar-refractivity contribution in [2.24, 2.45) is 0 Å². The van der Waals surface area contributed by atoms with Gasteiger partial charge in [-0.15, -0.1) is 0 Å². The Balaban J connectivity index is 1.71. The quantitative estimate of drug-likeness (QED) is 0.407. The lowest BCUT2D eigenvalue weighted by molar-refractivity contribution is -0.120. The van der Waals surface area contributed by atoms with E-state index in [9.17, 15) is 13.2 Å². The van der Waals surface area contributed by atoms with Crippen molar-refractivity contribution in [2.75, 3.05) is 31.2 Å². The van der Waals surface area contributed by atoms with Gasteiger partial charge in [-0.1, -0.05) is 18.2 Å². The molecule has 3 aromatic rings. The molecule has 8 nitrogen and oxygen atoms in total. The number of anilines is 1. The van der Waals surface area contributed by atoms with Crippen molar-refractivity contribution in [1.29, 1.82) is 0 Å². The Bertz CT molecular complexity index is 1180. The van der Waals surface area contributed by atoms with Crippen molar-refractivity contribution in [3.05, 3.63) is 78.9 Å². The minimum Gasteiger partial charge on any atom is -0.497 e. The molecular formula is C26H30N2O6S. The number of methoxy groups -OCH3 is 1. The predicted octanol–water partition coefficient (Wildman–Crippen LogP) is 3.87. The molecule has 0 fully saturated rings. The summed E-state index contributed by atoms with van der Waals surface area (Å²) in [5.74, 6) is 1.51. The molecule has 3 rings (SSSR count). The van der Waals surface area contributed by atoms with Crippen molar-refractivity contribution in [2.45, 2.75) is 24.8 Å². The van der Waals surface area contributed by atoms with Gasteiger partial charge in [0.15, 0.2) is 0 Å². The smallest absolute Gasteiger partial charge is 0.264 e. The Labute approximate surface area is 206 Å². The molecule has 0 aliphatic rings. The third-order valence-corrected chi connectivity index (χ3v) is 6.81. The summed E-state index contributed by atoms with van der Waals surface area (Å²) in [5.41, 5.74) is 0.356. The summed E-state index contributed by atoms with van der Waals surface area (Å²) in [4.78, 5) is 13.0. The fourth-order valence-electron chi connectivity index (χ4n) is 3.30. The Morgan fingerprint density at radius 1 is 0.886 bits per heavy atom. The molecule has 1 atom stereocenters. The van der Waals surface area contributed by atoms with E-state index >= 15 is 0 Å². The van der Waals surface area contributed by atoms with E-state index in [1.54, 1.807) is 80.8 Å². The van der Waals surface area contributed by atoms with Crippen LogP contribution in [-0.2, 0) is 14.8 Å². The zero-order chi connectivity index (χ0) is 25.3. The number of hydrogen-bond donors (Lipinski definition) is 1. The van der Waals surface area contributed by atoms with Crippen LogP contribution in [0.2, 0.25) is 0 Å². The van der Waals surface area contributed by atoms with Gasteiger partial charge < -0.3 is 19.5 Å². The Kier molecular flexibility index (Phi) is 8.97. The minimum absolute atomic E-state index is 0.0950. The Morgan fingerprint density at radius 2 is 1.46 bits per heavy atom. The summed E-state index contributed by atoms with van der Waals surface area (Å²) >= 11 is 0. The highest BCUT2D eigenvalue weighted by molar-refractivity contribution is 7.92. The largest absolute Gasteiger partial charge is 0.497 e. The van der Waals surface area contributed by atoms with E-state index in [0.717, 1.165) is 4.31 Å². The molecule has 1 amide bonds. The molecule has 0 saturated carbocycles. The Hall–Kier alpha value is -3.72. The van der Waals surface area contributed by atoms with Crippen LogP contribution in [0.15, 0.2) is 83.8 Å². The highest BCUT2D eigenvalue weighted by atomic mass is 32.2. The summed E-state index contributed by atoms with van der Waals surface area (Å²) < 4.78 is 44.2. The second-order valence-corrected chi connectivity index (χ2v) is 9.57. The molecule has 0 aromatic heterocycles. The molecule has 9 heteroatoms. The fraction of sp³-hybridized carbons (Fsp3) is 0.269. The van der Waals surface area contributed by atoms with Crippen molar-refractivity contribution in [3.8, 4) is 17.2 Å². The molecule has 0 bridgehead atoms.